The standard InChI is InChI=1S/C50H40N2O4/c1-4-30(2)48(41-28-42(53)47-40(49(41)56)27-39-45(36-18-9-6-10-19-36)43(54)29-44(55)46(39)47)52-50(38-21-13-20-37(26-38)34-14-7-5-8-15-34)51-31(3)32-22-24-35(25-23-32)33-16-11-12-17-33/h5-16,18-26,28-29,53-56H,4,27H2,1-3H3/b48-30+,51-31+,52-50-. The first-order chi connectivity index (χ1) is 27.2. The van der Waals surface area contributed by atoms with Crippen LogP contribution in [0.1, 0.15) is 60.6 Å². The van der Waals surface area contributed by atoms with Crippen molar-refractivity contribution in [2.45, 2.75) is 33.6 Å². The van der Waals surface area contributed by atoms with Gasteiger partial charge in [0.05, 0.1) is 5.70 Å². The van der Waals surface area contributed by atoms with E-state index in [-0.39, 0.29) is 29.4 Å². The predicted octanol–water partition coefficient (Wildman–Crippen LogP) is 11.6. The van der Waals surface area contributed by atoms with Crippen LogP contribution in [0.4, 0.5) is 0 Å². The van der Waals surface area contributed by atoms with E-state index >= 15 is 0 Å². The Morgan fingerprint density at radius 3 is 1.93 bits per heavy atom. The van der Waals surface area contributed by atoms with Gasteiger partial charge in [0.25, 0.3) is 0 Å². The van der Waals surface area contributed by atoms with Crippen LogP contribution in [-0.2, 0) is 6.42 Å². The molecule has 2 aliphatic rings. The molecule has 6 aromatic carbocycles. The van der Waals surface area contributed by atoms with E-state index in [0.717, 1.165) is 50.2 Å². The smallest absolute Gasteiger partial charge is 0.160 e. The maximum atomic E-state index is 12.2. The molecule has 4 N–H and O–H groups in total. The summed E-state index contributed by atoms with van der Waals surface area (Å²) in [5.41, 5.74) is 14.6. The Balaban J connectivity index is 1.28. The molecule has 0 aliphatic heterocycles. The highest BCUT2D eigenvalue weighted by Gasteiger charge is 2.34. The van der Waals surface area contributed by atoms with Gasteiger partial charge < -0.3 is 20.4 Å². The first-order valence-corrected chi connectivity index (χ1v) is 18.7. The second-order valence-corrected chi connectivity index (χ2v) is 14.1. The van der Waals surface area contributed by atoms with Crippen LogP contribution in [0.5, 0.6) is 23.0 Å². The number of benzene rings is 6. The molecule has 0 atom stereocenters. The molecule has 0 amide bonds. The quantitative estimate of drug-likeness (QED) is 0.0540. The summed E-state index contributed by atoms with van der Waals surface area (Å²) < 4.78 is 0. The van der Waals surface area contributed by atoms with Crippen molar-refractivity contribution >= 4 is 22.8 Å². The number of amidine groups is 1. The van der Waals surface area contributed by atoms with Gasteiger partial charge >= 0.3 is 0 Å². The molecule has 6 nitrogen and oxygen atoms in total. The topological polar surface area (TPSA) is 106 Å². The molecule has 0 heterocycles. The average molecular weight is 733 g/mol. The number of nitrogens with zero attached hydrogens (tertiary/aromatic N) is 2. The highest BCUT2D eigenvalue weighted by Crippen LogP contribution is 2.56. The highest BCUT2D eigenvalue weighted by atomic mass is 16.3. The third kappa shape index (κ3) is 6.64. The zero-order valence-corrected chi connectivity index (χ0v) is 31.4. The fourth-order valence-electron chi connectivity index (χ4n) is 7.52. The number of aromatic hydroxyl groups is 4. The van der Waals surface area contributed by atoms with E-state index in [0.29, 0.717) is 51.3 Å². The average Bonchev–Trinajstić information content (AvgIpc) is 3.92. The maximum Gasteiger partial charge on any atom is 0.160 e. The van der Waals surface area contributed by atoms with Crippen molar-refractivity contribution in [2.24, 2.45) is 9.98 Å². The van der Waals surface area contributed by atoms with Gasteiger partial charge in [0.15, 0.2) is 5.84 Å². The van der Waals surface area contributed by atoms with E-state index in [2.05, 4.69) is 42.1 Å². The third-order valence-electron chi connectivity index (χ3n) is 10.6. The number of aliphatic imine (C=N–C) groups is 2. The van der Waals surface area contributed by atoms with Gasteiger partial charge in [-0.15, -0.1) is 5.73 Å². The summed E-state index contributed by atoms with van der Waals surface area (Å²) in [5, 5.41) is 46.1. The molecule has 0 saturated heterocycles. The first kappa shape index (κ1) is 35.9. The summed E-state index contributed by atoms with van der Waals surface area (Å²) in [5.74, 6) is 0.00597. The molecule has 0 radical (unpaired) electrons. The molecule has 0 unspecified atom stereocenters. The molecule has 6 aromatic rings. The molecule has 0 spiro atoms. The van der Waals surface area contributed by atoms with Crippen LogP contribution >= 0.6 is 0 Å². The van der Waals surface area contributed by atoms with Crippen molar-refractivity contribution in [1.82, 2.24) is 0 Å². The molecular weight excluding hydrogens is 693 g/mol. The van der Waals surface area contributed by atoms with Crippen molar-refractivity contribution in [3.8, 4) is 56.4 Å². The van der Waals surface area contributed by atoms with E-state index in [1.54, 1.807) is 0 Å². The number of fused-ring (bicyclic) bond motifs is 3. The van der Waals surface area contributed by atoms with Crippen LogP contribution in [-0.4, -0.2) is 32.0 Å². The summed E-state index contributed by atoms with van der Waals surface area (Å²) >= 11 is 0. The summed E-state index contributed by atoms with van der Waals surface area (Å²) in [6, 6.07) is 38.6. The van der Waals surface area contributed by atoms with E-state index in [1.165, 1.54) is 12.1 Å². The molecule has 0 fully saturated rings. The van der Waals surface area contributed by atoms with Crippen LogP contribution < -0.4 is 0 Å². The lowest BCUT2D eigenvalue weighted by Gasteiger charge is -2.16. The minimum Gasteiger partial charge on any atom is -0.507 e. The van der Waals surface area contributed by atoms with Gasteiger partial charge in [0, 0.05) is 57.2 Å². The molecular formula is C50H40N2O4. The molecule has 2 aliphatic carbocycles. The molecule has 6 heteroatoms. The highest BCUT2D eigenvalue weighted by molar-refractivity contribution is 6.13. The number of hydrogen-bond donors (Lipinski definition) is 4. The number of rotatable bonds is 8. The summed E-state index contributed by atoms with van der Waals surface area (Å²) in [4.78, 5) is 10.4. The molecule has 274 valence electrons. The van der Waals surface area contributed by atoms with E-state index in [9.17, 15) is 20.4 Å². The molecule has 0 saturated carbocycles. The normalized spacial score (nSPS) is 13.7. The fraction of sp³-hybridized carbons (Fsp3) is 0.100. The van der Waals surface area contributed by atoms with Gasteiger partial charge in [-0.05, 0) is 83.5 Å². The first-order valence-electron chi connectivity index (χ1n) is 18.7. The Morgan fingerprint density at radius 1 is 0.607 bits per heavy atom. The van der Waals surface area contributed by atoms with Gasteiger partial charge in [0.2, 0.25) is 0 Å². The Kier molecular flexibility index (Phi) is 9.57. The number of allylic oxidation sites excluding steroid dienone is 4. The lowest BCUT2D eigenvalue weighted by Crippen LogP contribution is -2.05. The Hall–Kier alpha value is -7.14. The fourth-order valence-corrected chi connectivity index (χ4v) is 7.52. The second kappa shape index (κ2) is 14.9. The van der Waals surface area contributed by atoms with E-state index < -0.39 is 0 Å². The van der Waals surface area contributed by atoms with Crippen LogP contribution in [0.2, 0.25) is 0 Å². The largest absolute Gasteiger partial charge is 0.507 e. The van der Waals surface area contributed by atoms with Crippen molar-refractivity contribution in [3.63, 3.8) is 0 Å². The lowest BCUT2D eigenvalue weighted by atomic mass is 9.93. The maximum absolute atomic E-state index is 12.2. The zero-order valence-electron chi connectivity index (χ0n) is 31.4. The van der Waals surface area contributed by atoms with Gasteiger partial charge in [-0.1, -0.05) is 116 Å². The molecule has 0 aromatic heterocycles. The van der Waals surface area contributed by atoms with Crippen LogP contribution in [0.15, 0.2) is 161 Å². The Labute approximate surface area is 326 Å². The summed E-state index contributed by atoms with van der Waals surface area (Å²) in [6.45, 7) is 5.94. The Morgan fingerprint density at radius 2 is 1.25 bits per heavy atom. The summed E-state index contributed by atoms with van der Waals surface area (Å²) in [7, 11) is 0. The van der Waals surface area contributed by atoms with Gasteiger partial charge in [-0.25, -0.2) is 9.98 Å². The Bertz CT molecular complexity index is 2710. The van der Waals surface area contributed by atoms with Gasteiger partial charge in [-0.3, -0.25) is 0 Å². The molecule has 0 bridgehead atoms. The van der Waals surface area contributed by atoms with Crippen LogP contribution in [0, 0.1) is 0 Å². The minimum absolute atomic E-state index is 0.0588. The molecule has 8 rings (SSSR count). The monoisotopic (exact) mass is 732 g/mol. The number of phenolic OH excluding ortho intramolecular Hbond substituents is 4. The minimum atomic E-state index is -0.178. The van der Waals surface area contributed by atoms with Crippen LogP contribution in [0.25, 0.3) is 44.7 Å². The van der Waals surface area contributed by atoms with Crippen molar-refractivity contribution in [3.05, 3.63) is 184 Å². The van der Waals surface area contributed by atoms with Gasteiger partial charge in [-0.2, -0.15) is 0 Å². The van der Waals surface area contributed by atoms with Crippen LogP contribution in [0.3, 0.4) is 0 Å². The van der Waals surface area contributed by atoms with Gasteiger partial charge in [0.1, 0.15) is 23.0 Å². The van der Waals surface area contributed by atoms with Crippen molar-refractivity contribution < 1.29 is 20.4 Å². The SMILES string of the molecule is CC/C(C)=C(/N=C(\N=C(/C)c1ccc(C2=C=CC=C2)cc1)c1cccc(-c2ccccc2)c1)c1cc(O)c2c(c1O)Cc1c(-c3ccccc3)c(O)cc(O)c1-2. The van der Waals surface area contributed by atoms with E-state index in [4.69, 9.17) is 9.98 Å². The number of phenols is 4. The van der Waals surface area contributed by atoms with Crippen molar-refractivity contribution in [1.29, 1.82) is 0 Å². The van der Waals surface area contributed by atoms with Crippen molar-refractivity contribution in [2.75, 3.05) is 0 Å². The molecule has 56 heavy (non-hydrogen) atoms. The number of hydrogen-bond acceptors (Lipinski definition) is 5. The van der Waals surface area contributed by atoms with E-state index in [1.807, 2.05) is 112 Å². The zero-order chi connectivity index (χ0) is 38.9. The predicted molar refractivity (Wildman–Crippen MR) is 227 cm³/mol. The third-order valence-corrected chi connectivity index (χ3v) is 10.6. The lowest BCUT2D eigenvalue weighted by molar-refractivity contribution is 0.450. The second-order valence-electron chi connectivity index (χ2n) is 14.1. The summed E-state index contributed by atoms with van der Waals surface area (Å²) in [6.07, 6.45) is 6.70.